The lowest BCUT2D eigenvalue weighted by molar-refractivity contribution is -0.120. The molecule has 0 bridgehead atoms. The summed E-state index contributed by atoms with van der Waals surface area (Å²) in [6.07, 6.45) is 2.47. The lowest BCUT2D eigenvalue weighted by atomic mass is 10.2. The fraction of sp³-hybridized carbons (Fsp3) is 0.600. The molecule has 1 unspecified atom stereocenters. The number of nitrogens with two attached hydrogens (primary N) is 1. The van der Waals surface area contributed by atoms with Gasteiger partial charge in [0.05, 0.1) is 18.1 Å². The van der Waals surface area contributed by atoms with Crippen molar-refractivity contribution in [3.05, 3.63) is 17.7 Å². The number of imidazole rings is 1. The molecule has 0 saturated heterocycles. The van der Waals surface area contributed by atoms with Crippen LogP contribution < -0.4 is 11.1 Å². The quantitative estimate of drug-likeness (QED) is 0.716. The van der Waals surface area contributed by atoms with Crippen LogP contribution in [0.1, 0.15) is 17.8 Å². The summed E-state index contributed by atoms with van der Waals surface area (Å²) in [7, 11) is 1.74. The summed E-state index contributed by atoms with van der Waals surface area (Å²) in [5, 5.41) is 2.89. The number of aryl methyl sites for hydroxylation is 2. The van der Waals surface area contributed by atoms with Crippen LogP contribution >= 0.6 is 0 Å². The Morgan fingerprint density at radius 2 is 2.33 bits per heavy atom. The summed E-state index contributed by atoms with van der Waals surface area (Å²) in [4.78, 5) is 15.2. The Morgan fingerprint density at radius 1 is 1.67 bits per heavy atom. The third-order valence-corrected chi connectivity index (χ3v) is 2.70. The van der Waals surface area contributed by atoms with Crippen molar-refractivity contribution in [3.8, 4) is 0 Å². The van der Waals surface area contributed by atoms with Gasteiger partial charge in [-0.25, -0.2) is 4.98 Å². The molecule has 84 valence electrons. The molecule has 1 aromatic rings. The number of nitrogens with zero attached hydrogens (tertiary/aromatic N) is 2. The van der Waals surface area contributed by atoms with E-state index in [1.165, 1.54) is 0 Å². The number of likely N-dealkylation sites (N-methyl/N-ethyl adjacent to an activating group) is 1. The summed E-state index contributed by atoms with van der Waals surface area (Å²) in [5.74, 6) is -0.313. The zero-order valence-electron chi connectivity index (χ0n) is 9.45. The zero-order chi connectivity index (χ0) is 11.4. The van der Waals surface area contributed by atoms with Gasteiger partial charge >= 0.3 is 0 Å². The number of carbonyl (C=O) groups is 1. The van der Waals surface area contributed by atoms with Crippen molar-refractivity contribution in [2.75, 3.05) is 7.05 Å². The molecule has 0 aliphatic carbocycles. The number of carbonyl (C=O) groups excluding carboxylic acids is 1. The molecule has 0 aliphatic heterocycles. The van der Waals surface area contributed by atoms with E-state index in [2.05, 4.69) is 10.3 Å². The summed E-state index contributed by atoms with van der Waals surface area (Å²) in [6.45, 7) is 4.73. The van der Waals surface area contributed by atoms with Gasteiger partial charge in [0.25, 0.3) is 0 Å². The molecule has 0 fully saturated rings. The van der Waals surface area contributed by atoms with E-state index in [9.17, 15) is 4.79 Å². The SMILES string of the molecule is CNC(CCn1cnc(C)c1C)C(N)=O. The van der Waals surface area contributed by atoms with Crippen molar-refractivity contribution in [2.24, 2.45) is 5.73 Å². The molecule has 0 aliphatic rings. The van der Waals surface area contributed by atoms with Gasteiger partial charge in [0, 0.05) is 12.2 Å². The van der Waals surface area contributed by atoms with E-state index in [1.807, 2.05) is 18.4 Å². The van der Waals surface area contributed by atoms with E-state index in [4.69, 9.17) is 5.73 Å². The number of aromatic nitrogens is 2. The van der Waals surface area contributed by atoms with Crippen molar-refractivity contribution in [3.63, 3.8) is 0 Å². The maximum atomic E-state index is 11.0. The van der Waals surface area contributed by atoms with Gasteiger partial charge in [-0.1, -0.05) is 0 Å². The van der Waals surface area contributed by atoms with Crippen molar-refractivity contribution in [1.82, 2.24) is 14.9 Å². The highest BCUT2D eigenvalue weighted by atomic mass is 16.1. The number of nitrogens with one attached hydrogen (secondary N) is 1. The Hall–Kier alpha value is -1.36. The second-order valence-electron chi connectivity index (χ2n) is 3.64. The molecule has 0 saturated carbocycles. The second-order valence-corrected chi connectivity index (χ2v) is 3.64. The first-order chi connectivity index (χ1) is 7.06. The van der Waals surface area contributed by atoms with Crippen LogP contribution in [0.3, 0.4) is 0 Å². The van der Waals surface area contributed by atoms with Gasteiger partial charge in [-0.15, -0.1) is 0 Å². The maximum absolute atomic E-state index is 11.0. The fourth-order valence-corrected chi connectivity index (χ4v) is 1.47. The molecule has 5 heteroatoms. The number of amides is 1. The molecule has 1 rings (SSSR count). The van der Waals surface area contributed by atoms with E-state index in [0.29, 0.717) is 6.42 Å². The Bertz CT molecular complexity index is 345. The highest BCUT2D eigenvalue weighted by Gasteiger charge is 2.12. The predicted molar refractivity (Wildman–Crippen MR) is 58.4 cm³/mol. The first-order valence-corrected chi connectivity index (χ1v) is 5.01. The monoisotopic (exact) mass is 210 g/mol. The van der Waals surface area contributed by atoms with E-state index in [1.54, 1.807) is 13.4 Å². The smallest absolute Gasteiger partial charge is 0.234 e. The first-order valence-electron chi connectivity index (χ1n) is 5.01. The first kappa shape index (κ1) is 11.7. The van der Waals surface area contributed by atoms with Crippen LogP contribution in [0.4, 0.5) is 0 Å². The Kier molecular flexibility index (Phi) is 3.85. The lowest BCUT2D eigenvalue weighted by Gasteiger charge is -2.13. The van der Waals surface area contributed by atoms with Crippen molar-refractivity contribution < 1.29 is 4.79 Å². The average Bonchev–Trinajstić information content (AvgIpc) is 2.49. The molecule has 1 atom stereocenters. The van der Waals surface area contributed by atoms with Crippen LogP contribution in [0, 0.1) is 13.8 Å². The molecule has 3 N–H and O–H groups in total. The number of hydrogen-bond acceptors (Lipinski definition) is 3. The molecule has 1 heterocycles. The third-order valence-electron chi connectivity index (χ3n) is 2.70. The van der Waals surface area contributed by atoms with Crippen molar-refractivity contribution in [2.45, 2.75) is 32.9 Å². The highest BCUT2D eigenvalue weighted by Crippen LogP contribution is 2.05. The van der Waals surface area contributed by atoms with Gasteiger partial charge in [0.2, 0.25) is 5.91 Å². The topological polar surface area (TPSA) is 72.9 Å². The van der Waals surface area contributed by atoms with Gasteiger partial charge in [0.1, 0.15) is 0 Å². The molecule has 1 aromatic heterocycles. The minimum absolute atomic E-state index is 0.271. The normalized spacial score (nSPS) is 12.7. The van der Waals surface area contributed by atoms with Gasteiger partial charge < -0.3 is 15.6 Å². The van der Waals surface area contributed by atoms with Crippen LogP contribution in [0.15, 0.2) is 6.33 Å². The summed E-state index contributed by atoms with van der Waals surface area (Å²) in [6, 6.07) is -0.271. The van der Waals surface area contributed by atoms with Gasteiger partial charge in [-0.05, 0) is 27.3 Å². The maximum Gasteiger partial charge on any atom is 0.234 e. The summed E-state index contributed by atoms with van der Waals surface area (Å²) in [5.41, 5.74) is 7.39. The van der Waals surface area contributed by atoms with Gasteiger partial charge in [-0.3, -0.25) is 4.79 Å². The van der Waals surface area contributed by atoms with E-state index in [-0.39, 0.29) is 11.9 Å². The lowest BCUT2D eigenvalue weighted by Crippen LogP contribution is -2.39. The number of primary amides is 1. The molecule has 0 radical (unpaired) electrons. The predicted octanol–water partition coefficient (Wildman–Crippen LogP) is -0.0367. The second kappa shape index (κ2) is 4.93. The van der Waals surface area contributed by atoms with E-state index >= 15 is 0 Å². The molecule has 5 nitrogen and oxygen atoms in total. The molecular weight excluding hydrogens is 192 g/mol. The molecule has 0 spiro atoms. The zero-order valence-corrected chi connectivity index (χ0v) is 9.45. The van der Waals surface area contributed by atoms with Gasteiger partial charge in [-0.2, -0.15) is 0 Å². The van der Waals surface area contributed by atoms with Crippen molar-refractivity contribution >= 4 is 5.91 Å². The Labute approximate surface area is 89.7 Å². The number of rotatable bonds is 5. The van der Waals surface area contributed by atoms with Crippen molar-refractivity contribution in [1.29, 1.82) is 0 Å². The minimum Gasteiger partial charge on any atom is -0.368 e. The van der Waals surface area contributed by atoms with Crippen LogP contribution in [0.25, 0.3) is 0 Å². The molecule has 1 amide bonds. The number of hydrogen-bond donors (Lipinski definition) is 2. The van der Waals surface area contributed by atoms with Crippen LogP contribution in [-0.2, 0) is 11.3 Å². The van der Waals surface area contributed by atoms with Crippen LogP contribution in [0.5, 0.6) is 0 Å². The van der Waals surface area contributed by atoms with Crippen LogP contribution in [0.2, 0.25) is 0 Å². The van der Waals surface area contributed by atoms with Crippen LogP contribution in [-0.4, -0.2) is 28.5 Å². The van der Waals surface area contributed by atoms with Gasteiger partial charge in [0.15, 0.2) is 0 Å². The highest BCUT2D eigenvalue weighted by molar-refractivity contribution is 5.79. The Balaban J connectivity index is 2.56. The summed E-state index contributed by atoms with van der Waals surface area (Å²) >= 11 is 0. The summed E-state index contributed by atoms with van der Waals surface area (Å²) < 4.78 is 2.03. The largest absolute Gasteiger partial charge is 0.368 e. The standard InChI is InChI=1S/C10H18N4O/c1-7-8(2)14(6-13-7)5-4-9(12-3)10(11)15/h6,9,12H,4-5H2,1-3H3,(H2,11,15). The Morgan fingerprint density at radius 3 is 2.73 bits per heavy atom. The van der Waals surface area contributed by atoms with E-state index < -0.39 is 0 Å². The third kappa shape index (κ3) is 2.79. The fourth-order valence-electron chi connectivity index (χ4n) is 1.47. The van der Waals surface area contributed by atoms with E-state index in [0.717, 1.165) is 17.9 Å². The average molecular weight is 210 g/mol. The minimum atomic E-state index is -0.313. The molecule has 0 aromatic carbocycles. The molecular formula is C10H18N4O. The molecule has 15 heavy (non-hydrogen) atoms.